The van der Waals surface area contributed by atoms with Crippen LogP contribution >= 0.6 is 0 Å². The van der Waals surface area contributed by atoms with Crippen molar-refractivity contribution in [1.82, 2.24) is 10.3 Å². The highest BCUT2D eigenvalue weighted by Gasteiger charge is 2.47. The first-order valence-electron chi connectivity index (χ1n) is 7.30. The Morgan fingerprint density at radius 2 is 2.05 bits per heavy atom. The number of aliphatic hydroxyl groups is 1. The molecule has 0 saturated carbocycles. The maximum Gasteiger partial charge on any atom is 0.252 e. The van der Waals surface area contributed by atoms with E-state index >= 15 is 0 Å². The molecule has 2 N–H and O–H groups in total. The Morgan fingerprint density at radius 3 is 2.95 bits per heavy atom. The summed E-state index contributed by atoms with van der Waals surface area (Å²) in [6, 6.07) is 8.90. The molecule has 2 aliphatic heterocycles. The smallest absolute Gasteiger partial charge is 0.252 e. The van der Waals surface area contributed by atoms with Gasteiger partial charge >= 0.3 is 0 Å². The van der Waals surface area contributed by atoms with Gasteiger partial charge in [0.15, 0.2) is 0 Å². The van der Waals surface area contributed by atoms with Gasteiger partial charge in [-0.15, -0.1) is 0 Å². The van der Waals surface area contributed by atoms with Crippen molar-refractivity contribution >= 4 is 16.8 Å². The van der Waals surface area contributed by atoms with Crippen LogP contribution in [0.5, 0.6) is 0 Å². The van der Waals surface area contributed by atoms with Gasteiger partial charge in [0.25, 0.3) is 5.91 Å². The molecule has 1 aromatic carbocycles. The molecule has 6 nitrogen and oxygen atoms in total. The number of rotatable bonds is 2. The van der Waals surface area contributed by atoms with E-state index in [1.165, 1.54) is 0 Å². The molecule has 4 atom stereocenters. The van der Waals surface area contributed by atoms with Crippen molar-refractivity contribution in [2.45, 2.75) is 24.4 Å². The summed E-state index contributed by atoms with van der Waals surface area (Å²) in [5.41, 5.74) is 1.36. The first kappa shape index (κ1) is 13.6. The molecule has 0 bridgehead atoms. The molecule has 4 rings (SSSR count). The van der Waals surface area contributed by atoms with Crippen LogP contribution in [0.4, 0.5) is 0 Å². The fourth-order valence-electron chi connectivity index (χ4n) is 3.15. The van der Waals surface area contributed by atoms with E-state index in [1.54, 1.807) is 12.3 Å². The topological polar surface area (TPSA) is 80.7 Å². The first-order valence-corrected chi connectivity index (χ1v) is 7.30. The lowest BCUT2D eigenvalue weighted by molar-refractivity contribution is 0.0178. The minimum absolute atomic E-state index is 0.183. The van der Waals surface area contributed by atoms with Gasteiger partial charge in [-0.2, -0.15) is 0 Å². The predicted molar refractivity (Wildman–Crippen MR) is 78.5 cm³/mol. The lowest BCUT2D eigenvalue weighted by Gasteiger charge is -2.18. The largest absolute Gasteiger partial charge is 0.388 e. The Kier molecular flexibility index (Phi) is 3.29. The zero-order valence-electron chi connectivity index (χ0n) is 11.8. The van der Waals surface area contributed by atoms with Crippen molar-refractivity contribution in [2.75, 3.05) is 13.2 Å². The molecule has 0 unspecified atom stereocenters. The molecule has 6 heteroatoms. The summed E-state index contributed by atoms with van der Waals surface area (Å²) in [5, 5.41) is 13.5. The van der Waals surface area contributed by atoms with Crippen LogP contribution in [-0.4, -0.2) is 53.6 Å². The summed E-state index contributed by atoms with van der Waals surface area (Å²) in [5.74, 6) is -0.183. The van der Waals surface area contributed by atoms with Gasteiger partial charge in [-0.25, -0.2) is 0 Å². The van der Waals surface area contributed by atoms with Crippen molar-refractivity contribution in [1.29, 1.82) is 0 Å². The normalized spacial score (nSPS) is 30.4. The Balaban J connectivity index is 1.57. The van der Waals surface area contributed by atoms with Gasteiger partial charge in [-0.05, 0) is 18.2 Å². The summed E-state index contributed by atoms with van der Waals surface area (Å²) in [7, 11) is 0. The number of benzene rings is 1. The highest BCUT2D eigenvalue weighted by atomic mass is 16.6. The second-order valence-corrected chi connectivity index (χ2v) is 5.62. The van der Waals surface area contributed by atoms with Gasteiger partial charge in [0.05, 0.1) is 24.8 Å². The number of nitrogens with one attached hydrogen (secondary N) is 1. The SMILES string of the molecule is O=C(N[C@@H]1CO[C@H]2[C@@H]1OC[C@H]2O)c1cccc2ncccc12. The monoisotopic (exact) mass is 300 g/mol. The van der Waals surface area contributed by atoms with Crippen molar-refractivity contribution in [3.63, 3.8) is 0 Å². The van der Waals surface area contributed by atoms with Crippen LogP contribution in [0.15, 0.2) is 36.5 Å². The molecule has 114 valence electrons. The fourth-order valence-corrected chi connectivity index (χ4v) is 3.15. The standard InChI is InChI=1S/C16H16N2O4/c19-13-8-22-14-12(7-21-15(13)14)18-16(20)10-3-1-5-11-9(10)4-2-6-17-11/h1-6,12-15,19H,7-8H2,(H,18,20)/t12-,13-,14-,15-/m1/s1. The third kappa shape index (κ3) is 2.16. The Labute approximate surface area is 127 Å². The maximum atomic E-state index is 12.6. The maximum absolute atomic E-state index is 12.6. The van der Waals surface area contributed by atoms with Crippen molar-refractivity contribution in [3.8, 4) is 0 Å². The van der Waals surface area contributed by atoms with E-state index in [4.69, 9.17) is 9.47 Å². The van der Waals surface area contributed by atoms with E-state index in [9.17, 15) is 9.90 Å². The molecule has 0 radical (unpaired) electrons. The molecule has 0 aliphatic carbocycles. The summed E-state index contributed by atoms with van der Waals surface area (Å²) >= 11 is 0. The number of hydrogen-bond acceptors (Lipinski definition) is 5. The van der Waals surface area contributed by atoms with Crippen molar-refractivity contribution in [3.05, 3.63) is 42.1 Å². The van der Waals surface area contributed by atoms with Gasteiger partial charge in [-0.1, -0.05) is 12.1 Å². The van der Waals surface area contributed by atoms with E-state index in [1.807, 2.05) is 24.3 Å². The Hall–Kier alpha value is -2.02. The van der Waals surface area contributed by atoms with Crippen LogP contribution in [0.1, 0.15) is 10.4 Å². The van der Waals surface area contributed by atoms with Gasteiger partial charge in [-0.3, -0.25) is 9.78 Å². The molecular weight excluding hydrogens is 284 g/mol. The number of carbonyl (C=O) groups is 1. The molecule has 2 fully saturated rings. The summed E-state index contributed by atoms with van der Waals surface area (Å²) < 4.78 is 11.0. The quantitative estimate of drug-likeness (QED) is 0.844. The molecule has 1 aromatic heterocycles. The Morgan fingerprint density at radius 1 is 1.18 bits per heavy atom. The predicted octanol–water partition coefficient (Wildman–Crippen LogP) is 0.492. The van der Waals surface area contributed by atoms with Crippen LogP contribution in [0.2, 0.25) is 0 Å². The fraction of sp³-hybridized carbons (Fsp3) is 0.375. The van der Waals surface area contributed by atoms with E-state index < -0.39 is 6.10 Å². The average molecular weight is 300 g/mol. The highest BCUT2D eigenvalue weighted by Crippen LogP contribution is 2.27. The molecule has 3 heterocycles. The number of nitrogens with zero attached hydrogens (tertiary/aromatic N) is 1. The second kappa shape index (κ2) is 5.31. The number of fused-ring (bicyclic) bond motifs is 2. The van der Waals surface area contributed by atoms with Gasteiger partial charge in [0.2, 0.25) is 0 Å². The third-order valence-corrected chi connectivity index (χ3v) is 4.23. The van der Waals surface area contributed by atoms with Gasteiger partial charge in [0.1, 0.15) is 18.3 Å². The number of aliphatic hydroxyl groups excluding tert-OH is 1. The molecule has 22 heavy (non-hydrogen) atoms. The molecule has 0 spiro atoms. The van der Waals surface area contributed by atoms with Crippen LogP contribution in [-0.2, 0) is 9.47 Å². The minimum atomic E-state index is -0.617. The summed E-state index contributed by atoms with van der Waals surface area (Å²) in [6.07, 6.45) is 0.452. The number of ether oxygens (including phenoxy) is 2. The zero-order chi connectivity index (χ0) is 15.1. The van der Waals surface area contributed by atoms with E-state index in [0.29, 0.717) is 12.2 Å². The molecular formula is C16H16N2O4. The molecule has 1 amide bonds. The molecule has 2 aromatic rings. The number of amides is 1. The lowest BCUT2D eigenvalue weighted by atomic mass is 10.1. The molecule has 2 aliphatic rings. The van der Waals surface area contributed by atoms with Crippen LogP contribution in [0, 0.1) is 0 Å². The number of carbonyl (C=O) groups excluding carboxylic acids is 1. The Bertz CT molecular complexity index is 715. The highest BCUT2D eigenvalue weighted by molar-refractivity contribution is 6.06. The third-order valence-electron chi connectivity index (χ3n) is 4.23. The van der Waals surface area contributed by atoms with Crippen molar-refractivity contribution < 1.29 is 19.4 Å². The average Bonchev–Trinajstić information content (AvgIpc) is 3.11. The number of aromatic nitrogens is 1. The van der Waals surface area contributed by atoms with Crippen LogP contribution < -0.4 is 5.32 Å². The summed E-state index contributed by atoms with van der Waals surface area (Å²) in [4.78, 5) is 16.8. The van der Waals surface area contributed by atoms with Crippen LogP contribution in [0.3, 0.4) is 0 Å². The molecule has 2 saturated heterocycles. The van der Waals surface area contributed by atoms with E-state index in [0.717, 1.165) is 10.9 Å². The first-order chi connectivity index (χ1) is 10.7. The van der Waals surface area contributed by atoms with Gasteiger partial charge in [0, 0.05) is 17.1 Å². The van der Waals surface area contributed by atoms with Crippen molar-refractivity contribution in [2.24, 2.45) is 0 Å². The number of pyridine rings is 1. The summed E-state index contributed by atoms with van der Waals surface area (Å²) in [6.45, 7) is 0.598. The zero-order valence-corrected chi connectivity index (χ0v) is 11.8. The van der Waals surface area contributed by atoms with E-state index in [2.05, 4.69) is 10.3 Å². The second-order valence-electron chi connectivity index (χ2n) is 5.62. The lowest BCUT2D eigenvalue weighted by Crippen LogP contribution is -2.44. The number of hydrogen-bond donors (Lipinski definition) is 2. The van der Waals surface area contributed by atoms with E-state index in [-0.39, 0.29) is 30.8 Å². The minimum Gasteiger partial charge on any atom is -0.388 e. The van der Waals surface area contributed by atoms with Gasteiger partial charge < -0.3 is 19.9 Å². The van der Waals surface area contributed by atoms with Crippen LogP contribution in [0.25, 0.3) is 10.9 Å².